The molecule has 2 aromatic rings. The predicted octanol–water partition coefficient (Wildman–Crippen LogP) is 5.12. The second-order valence-corrected chi connectivity index (χ2v) is 6.55. The quantitative estimate of drug-likeness (QED) is 0.844. The van der Waals surface area contributed by atoms with Gasteiger partial charge in [0.25, 0.3) is 0 Å². The van der Waals surface area contributed by atoms with Crippen molar-refractivity contribution in [3.8, 4) is 0 Å². The number of aromatic nitrogens is 2. The van der Waals surface area contributed by atoms with Crippen LogP contribution in [0.3, 0.4) is 0 Å². The maximum absolute atomic E-state index is 4.50. The lowest BCUT2D eigenvalue weighted by molar-refractivity contribution is 0.525. The number of nitrogens with zero attached hydrogens (tertiary/aromatic N) is 2. The molecule has 0 unspecified atom stereocenters. The van der Waals surface area contributed by atoms with Crippen LogP contribution in [0.1, 0.15) is 42.9 Å². The Morgan fingerprint density at radius 2 is 1.85 bits per heavy atom. The maximum Gasteiger partial charge on any atom is 0.207 e. The molecule has 1 aromatic carbocycles. The minimum absolute atomic E-state index is 0.607. The number of imidazole rings is 1. The zero-order valence-electron chi connectivity index (χ0n) is 12.0. The first kappa shape index (κ1) is 13.7. The van der Waals surface area contributed by atoms with E-state index in [0.29, 0.717) is 6.04 Å². The number of halogens is 1. The smallest absolute Gasteiger partial charge is 0.207 e. The fourth-order valence-corrected chi connectivity index (χ4v) is 3.79. The number of hydrogen-bond acceptors (Lipinski definition) is 2. The molecule has 0 radical (unpaired) electrons. The van der Waals surface area contributed by atoms with Crippen LogP contribution in [-0.2, 0) is 0 Å². The Kier molecular flexibility index (Phi) is 3.83. The highest BCUT2D eigenvalue weighted by atomic mass is 79.9. The van der Waals surface area contributed by atoms with E-state index in [2.05, 4.69) is 63.0 Å². The van der Waals surface area contributed by atoms with Crippen LogP contribution in [0.5, 0.6) is 0 Å². The van der Waals surface area contributed by atoms with Gasteiger partial charge >= 0.3 is 0 Å². The topological polar surface area (TPSA) is 29.9 Å². The molecule has 20 heavy (non-hydrogen) atoms. The molecular weight excluding hydrogens is 314 g/mol. The third-order valence-corrected chi connectivity index (χ3v) is 4.58. The van der Waals surface area contributed by atoms with E-state index < -0.39 is 0 Å². The molecule has 106 valence electrons. The molecule has 3 rings (SSSR count). The van der Waals surface area contributed by atoms with Crippen LogP contribution < -0.4 is 5.32 Å². The Bertz CT molecular complexity index is 589. The fraction of sp³-hybridized carbons (Fsp3) is 0.438. The van der Waals surface area contributed by atoms with Crippen molar-refractivity contribution in [2.75, 3.05) is 5.32 Å². The molecule has 0 saturated heterocycles. The summed E-state index contributed by atoms with van der Waals surface area (Å²) >= 11 is 3.54. The fourth-order valence-electron chi connectivity index (χ4n) is 3.11. The van der Waals surface area contributed by atoms with Gasteiger partial charge in [-0.05, 0) is 49.9 Å². The van der Waals surface area contributed by atoms with E-state index in [9.17, 15) is 0 Å². The zero-order chi connectivity index (χ0) is 14.1. The van der Waals surface area contributed by atoms with Crippen LogP contribution >= 0.6 is 15.9 Å². The molecule has 1 aliphatic carbocycles. The Hall–Kier alpha value is -1.29. The van der Waals surface area contributed by atoms with Gasteiger partial charge in [-0.2, -0.15) is 0 Å². The van der Waals surface area contributed by atoms with Gasteiger partial charge in [-0.1, -0.05) is 28.8 Å². The summed E-state index contributed by atoms with van der Waals surface area (Å²) in [6.07, 6.45) is 9.19. The predicted molar refractivity (Wildman–Crippen MR) is 86.6 cm³/mol. The zero-order valence-corrected chi connectivity index (χ0v) is 13.6. The molecule has 1 aromatic heterocycles. The van der Waals surface area contributed by atoms with Crippen molar-refractivity contribution in [2.24, 2.45) is 0 Å². The van der Waals surface area contributed by atoms with Gasteiger partial charge in [0, 0.05) is 28.6 Å². The van der Waals surface area contributed by atoms with Crippen molar-refractivity contribution in [1.82, 2.24) is 9.55 Å². The summed E-state index contributed by atoms with van der Waals surface area (Å²) in [5.41, 5.74) is 3.63. The number of hydrogen-bond donors (Lipinski definition) is 1. The average molecular weight is 334 g/mol. The summed E-state index contributed by atoms with van der Waals surface area (Å²) in [7, 11) is 0. The molecule has 3 nitrogen and oxygen atoms in total. The van der Waals surface area contributed by atoms with Gasteiger partial charge in [0.05, 0.1) is 0 Å². The molecule has 0 bridgehead atoms. The van der Waals surface area contributed by atoms with E-state index in [1.807, 2.05) is 6.20 Å². The van der Waals surface area contributed by atoms with Gasteiger partial charge in [0.1, 0.15) is 0 Å². The van der Waals surface area contributed by atoms with E-state index in [1.165, 1.54) is 42.5 Å². The number of benzene rings is 1. The molecule has 0 atom stereocenters. The van der Waals surface area contributed by atoms with Crippen LogP contribution in [0.2, 0.25) is 0 Å². The third kappa shape index (κ3) is 2.62. The van der Waals surface area contributed by atoms with Crippen molar-refractivity contribution in [3.05, 3.63) is 40.1 Å². The van der Waals surface area contributed by atoms with Gasteiger partial charge in [0.2, 0.25) is 5.95 Å². The number of anilines is 2. The third-order valence-electron chi connectivity index (χ3n) is 4.12. The molecule has 1 saturated carbocycles. The normalized spacial score (nSPS) is 15.8. The Balaban J connectivity index is 1.90. The lowest BCUT2D eigenvalue weighted by atomic mass is 10.1. The van der Waals surface area contributed by atoms with Gasteiger partial charge in [0.15, 0.2) is 0 Å². The monoisotopic (exact) mass is 333 g/mol. The van der Waals surface area contributed by atoms with Crippen molar-refractivity contribution in [2.45, 2.75) is 45.6 Å². The van der Waals surface area contributed by atoms with Gasteiger partial charge in [-0.3, -0.25) is 0 Å². The maximum atomic E-state index is 4.50. The van der Waals surface area contributed by atoms with Gasteiger partial charge in [-0.15, -0.1) is 0 Å². The summed E-state index contributed by atoms with van der Waals surface area (Å²) in [6, 6.07) is 4.88. The first-order valence-electron chi connectivity index (χ1n) is 7.22. The van der Waals surface area contributed by atoms with Gasteiger partial charge < -0.3 is 9.88 Å². The highest BCUT2D eigenvalue weighted by Crippen LogP contribution is 2.33. The Morgan fingerprint density at radius 1 is 1.20 bits per heavy atom. The summed E-state index contributed by atoms with van der Waals surface area (Å²) in [5, 5.41) is 3.52. The largest absolute Gasteiger partial charge is 0.325 e. The molecule has 0 aliphatic heterocycles. The molecule has 1 fully saturated rings. The number of rotatable bonds is 3. The molecule has 0 spiro atoms. The van der Waals surface area contributed by atoms with E-state index in [4.69, 9.17) is 0 Å². The van der Waals surface area contributed by atoms with E-state index >= 15 is 0 Å². The van der Waals surface area contributed by atoms with Crippen molar-refractivity contribution in [3.63, 3.8) is 0 Å². The van der Waals surface area contributed by atoms with Crippen LogP contribution in [-0.4, -0.2) is 9.55 Å². The van der Waals surface area contributed by atoms with Crippen LogP contribution in [0, 0.1) is 13.8 Å². The minimum atomic E-state index is 0.607. The first-order valence-corrected chi connectivity index (χ1v) is 8.01. The Morgan fingerprint density at radius 3 is 2.50 bits per heavy atom. The minimum Gasteiger partial charge on any atom is -0.325 e. The summed E-state index contributed by atoms with van der Waals surface area (Å²) < 4.78 is 3.42. The molecule has 1 aliphatic rings. The van der Waals surface area contributed by atoms with Crippen LogP contribution in [0.25, 0.3) is 0 Å². The van der Waals surface area contributed by atoms with Crippen molar-refractivity contribution >= 4 is 27.6 Å². The standard InChI is InChI=1S/C16H20BrN3/c1-11-9-13(17)10-12(2)15(11)19-16-18-7-8-20(16)14-5-3-4-6-14/h7-10,14H,3-6H2,1-2H3,(H,18,19). The van der Waals surface area contributed by atoms with Crippen LogP contribution in [0.4, 0.5) is 11.6 Å². The lowest BCUT2D eigenvalue weighted by Gasteiger charge is -2.18. The summed E-state index contributed by atoms with van der Waals surface area (Å²) in [6.45, 7) is 4.26. The molecule has 4 heteroatoms. The second-order valence-electron chi connectivity index (χ2n) is 5.64. The number of aryl methyl sites for hydroxylation is 2. The SMILES string of the molecule is Cc1cc(Br)cc(C)c1Nc1nccn1C1CCCC1. The highest BCUT2D eigenvalue weighted by molar-refractivity contribution is 9.10. The average Bonchev–Trinajstić information content (AvgIpc) is 3.04. The Labute approximate surface area is 128 Å². The molecule has 1 heterocycles. The molecule has 0 amide bonds. The summed E-state index contributed by atoms with van der Waals surface area (Å²) in [5.74, 6) is 0.963. The molecular formula is C16H20BrN3. The summed E-state index contributed by atoms with van der Waals surface area (Å²) in [4.78, 5) is 4.50. The van der Waals surface area contributed by atoms with E-state index in [1.54, 1.807) is 0 Å². The van der Waals surface area contributed by atoms with E-state index in [-0.39, 0.29) is 0 Å². The molecule has 1 N–H and O–H groups in total. The lowest BCUT2D eigenvalue weighted by Crippen LogP contribution is -2.09. The second kappa shape index (κ2) is 5.60. The van der Waals surface area contributed by atoms with Gasteiger partial charge in [-0.25, -0.2) is 4.98 Å². The first-order chi connectivity index (χ1) is 9.65. The van der Waals surface area contributed by atoms with Crippen molar-refractivity contribution in [1.29, 1.82) is 0 Å². The van der Waals surface area contributed by atoms with Crippen LogP contribution in [0.15, 0.2) is 29.0 Å². The van der Waals surface area contributed by atoms with Crippen molar-refractivity contribution < 1.29 is 0 Å². The number of nitrogens with one attached hydrogen (secondary N) is 1. The highest BCUT2D eigenvalue weighted by Gasteiger charge is 2.19. The van der Waals surface area contributed by atoms with E-state index in [0.717, 1.165) is 10.4 Å².